The Morgan fingerprint density at radius 1 is 1.35 bits per heavy atom. The highest BCUT2D eigenvalue weighted by Crippen LogP contribution is 2.25. The lowest BCUT2D eigenvalue weighted by Crippen LogP contribution is -2.40. The Hall–Kier alpha value is -1.50. The van der Waals surface area contributed by atoms with E-state index in [0.29, 0.717) is 10.7 Å². The summed E-state index contributed by atoms with van der Waals surface area (Å²) in [5.74, 6) is 5.37. The van der Waals surface area contributed by atoms with Crippen LogP contribution < -0.4 is 16.6 Å². The molecule has 0 aliphatic heterocycles. The number of pyridine rings is 1. The first-order chi connectivity index (χ1) is 7.70. The van der Waals surface area contributed by atoms with Gasteiger partial charge in [0.05, 0.1) is 5.69 Å². The highest BCUT2D eigenvalue weighted by atomic mass is 19.4. The number of rotatable bonds is 3. The molecule has 0 aliphatic carbocycles. The van der Waals surface area contributed by atoms with Crippen LogP contribution in [-0.2, 0) is 0 Å². The van der Waals surface area contributed by atoms with Gasteiger partial charge in [-0.15, -0.1) is 0 Å². The van der Waals surface area contributed by atoms with E-state index >= 15 is 0 Å². The van der Waals surface area contributed by atoms with Gasteiger partial charge in [0, 0.05) is 5.69 Å². The average molecular weight is 248 g/mol. The predicted octanol–water partition coefficient (Wildman–Crippen LogP) is 2.03. The van der Waals surface area contributed by atoms with Crippen LogP contribution in [0.2, 0.25) is 0 Å². The lowest BCUT2D eigenvalue weighted by molar-refractivity contribution is -0.119. The van der Waals surface area contributed by atoms with Crippen LogP contribution in [0, 0.1) is 0 Å². The normalized spacial score (nSPS) is 11.9. The van der Waals surface area contributed by atoms with Crippen molar-refractivity contribution in [1.29, 1.82) is 0 Å². The van der Waals surface area contributed by atoms with E-state index in [2.05, 4.69) is 4.98 Å². The zero-order chi connectivity index (χ0) is 13.2. The third kappa shape index (κ3) is 3.77. The van der Waals surface area contributed by atoms with Crippen molar-refractivity contribution in [2.45, 2.75) is 25.9 Å². The van der Waals surface area contributed by atoms with Crippen molar-refractivity contribution < 1.29 is 13.2 Å². The maximum Gasteiger partial charge on any atom is 0.407 e. The first kappa shape index (κ1) is 13.6. The van der Waals surface area contributed by atoms with Crippen molar-refractivity contribution >= 4 is 11.5 Å². The van der Waals surface area contributed by atoms with Crippen molar-refractivity contribution in [3.8, 4) is 0 Å². The molecular weight excluding hydrogens is 233 g/mol. The van der Waals surface area contributed by atoms with E-state index in [1.54, 1.807) is 6.07 Å². The van der Waals surface area contributed by atoms with E-state index in [4.69, 9.17) is 11.6 Å². The number of alkyl halides is 3. The molecule has 1 heterocycles. The molecule has 0 saturated carbocycles. The molecular formula is C10H15F3N4. The summed E-state index contributed by atoms with van der Waals surface area (Å²) in [4.78, 5) is 4.03. The Morgan fingerprint density at radius 2 is 1.94 bits per heavy atom. The zero-order valence-corrected chi connectivity index (χ0v) is 9.62. The van der Waals surface area contributed by atoms with E-state index in [1.165, 1.54) is 6.07 Å². The second-order valence-corrected chi connectivity index (χ2v) is 4.05. The van der Waals surface area contributed by atoms with Gasteiger partial charge in [-0.2, -0.15) is 13.2 Å². The molecule has 0 atom stereocenters. The van der Waals surface area contributed by atoms with Gasteiger partial charge < -0.3 is 5.73 Å². The standard InChI is InChI=1S/C10H15F3N4/c1-6(2)8-4-3-7(14)9(16-8)17(15)5-10(11,12)13/h3-4,6H,5,14-15H2,1-2H3. The Kier molecular flexibility index (Phi) is 3.82. The molecule has 4 N–H and O–H groups in total. The molecule has 17 heavy (non-hydrogen) atoms. The van der Waals surface area contributed by atoms with Crippen LogP contribution in [0.15, 0.2) is 12.1 Å². The summed E-state index contributed by atoms with van der Waals surface area (Å²) in [5.41, 5.74) is 6.33. The Balaban J connectivity index is 2.99. The van der Waals surface area contributed by atoms with E-state index in [-0.39, 0.29) is 17.4 Å². The minimum absolute atomic E-state index is 0.0477. The fourth-order valence-electron chi connectivity index (χ4n) is 1.29. The van der Waals surface area contributed by atoms with E-state index < -0.39 is 12.7 Å². The van der Waals surface area contributed by atoms with Crippen LogP contribution in [0.4, 0.5) is 24.7 Å². The average Bonchev–Trinajstić information content (AvgIpc) is 2.14. The number of hydrogen-bond donors (Lipinski definition) is 2. The minimum Gasteiger partial charge on any atom is -0.396 e. The molecule has 0 aliphatic rings. The van der Waals surface area contributed by atoms with Gasteiger partial charge in [0.2, 0.25) is 0 Å². The van der Waals surface area contributed by atoms with Gasteiger partial charge in [-0.05, 0) is 18.1 Å². The molecule has 0 fully saturated rings. The van der Waals surface area contributed by atoms with Crippen LogP contribution in [0.25, 0.3) is 0 Å². The largest absolute Gasteiger partial charge is 0.407 e. The van der Waals surface area contributed by atoms with Gasteiger partial charge in [0.1, 0.15) is 6.54 Å². The first-order valence-corrected chi connectivity index (χ1v) is 5.06. The second kappa shape index (κ2) is 4.79. The van der Waals surface area contributed by atoms with E-state index in [9.17, 15) is 13.2 Å². The number of nitrogens with zero attached hydrogens (tertiary/aromatic N) is 2. The summed E-state index contributed by atoms with van der Waals surface area (Å²) < 4.78 is 36.6. The molecule has 0 saturated heterocycles. The van der Waals surface area contributed by atoms with Gasteiger partial charge in [-0.1, -0.05) is 13.8 Å². The molecule has 0 radical (unpaired) electrons. The molecule has 0 spiro atoms. The van der Waals surface area contributed by atoms with E-state index in [0.717, 1.165) is 0 Å². The van der Waals surface area contributed by atoms with Crippen molar-refractivity contribution in [2.75, 3.05) is 17.3 Å². The number of halogens is 3. The molecule has 1 rings (SSSR count). The van der Waals surface area contributed by atoms with Crippen molar-refractivity contribution in [3.63, 3.8) is 0 Å². The second-order valence-electron chi connectivity index (χ2n) is 4.05. The zero-order valence-electron chi connectivity index (χ0n) is 9.62. The van der Waals surface area contributed by atoms with Crippen LogP contribution >= 0.6 is 0 Å². The molecule has 0 bridgehead atoms. The molecule has 4 nitrogen and oxygen atoms in total. The molecule has 0 amide bonds. The molecule has 1 aromatic rings. The third-order valence-corrected chi connectivity index (χ3v) is 2.14. The minimum atomic E-state index is -4.39. The highest BCUT2D eigenvalue weighted by molar-refractivity contribution is 5.62. The maximum atomic E-state index is 12.2. The summed E-state index contributed by atoms with van der Waals surface area (Å²) in [5, 5.41) is 0.515. The fraction of sp³-hybridized carbons (Fsp3) is 0.500. The molecule has 1 aromatic heterocycles. The first-order valence-electron chi connectivity index (χ1n) is 5.06. The number of nitrogens with two attached hydrogens (primary N) is 2. The lowest BCUT2D eigenvalue weighted by atomic mass is 10.1. The number of hydrogen-bond acceptors (Lipinski definition) is 4. The number of anilines is 2. The topological polar surface area (TPSA) is 68.2 Å². The third-order valence-electron chi connectivity index (χ3n) is 2.14. The molecule has 0 unspecified atom stereocenters. The fourth-order valence-corrected chi connectivity index (χ4v) is 1.29. The van der Waals surface area contributed by atoms with Crippen LogP contribution in [0.1, 0.15) is 25.5 Å². The summed E-state index contributed by atoms with van der Waals surface area (Å²) in [6, 6.07) is 3.18. The van der Waals surface area contributed by atoms with Crippen molar-refractivity contribution in [2.24, 2.45) is 5.84 Å². The summed E-state index contributed by atoms with van der Waals surface area (Å²) >= 11 is 0. The Bertz CT molecular complexity index is 390. The number of aromatic nitrogens is 1. The molecule has 0 aromatic carbocycles. The quantitative estimate of drug-likeness (QED) is 0.634. The summed E-state index contributed by atoms with van der Waals surface area (Å²) in [6.07, 6.45) is -4.39. The SMILES string of the molecule is CC(C)c1ccc(N)c(N(N)CC(F)(F)F)n1. The van der Waals surface area contributed by atoms with Crippen molar-refractivity contribution in [3.05, 3.63) is 17.8 Å². The van der Waals surface area contributed by atoms with Crippen LogP contribution in [0.5, 0.6) is 0 Å². The highest BCUT2D eigenvalue weighted by Gasteiger charge is 2.31. The van der Waals surface area contributed by atoms with Crippen molar-refractivity contribution in [1.82, 2.24) is 4.98 Å². The van der Waals surface area contributed by atoms with Gasteiger partial charge in [0.15, 0.2) is 5.82 Å². The monoisotopic (exact) mass is 248 g/mol. The van der Waals surface area contributed by atoms with Gasteiger partial charge in [0.25, 0.3) is 0 Å². The molecule has 7 heteroatoms. The molecule has 96 valence electrons. The van der Waals surface area contributed by atoms with Crippen LogP contribution in [0.3, 0.4) is 0 Å². The Morgan fingerprint density at radius 3 is 2.41 bits per heavy atom. The number of hydrazine groups is 1. The van der Waals surface area contributed by atoms with Gasteiger partial charge in [-0.25, -0.2) is 10.8 Å². The summed E-state index contributed by atoms with van der Waals surface area (Å²) in [7, 11) is 0. The maximum absolute atomic E-state index is 12.2. The van der Waals surface area contributed by atoms with Gasteiger partial charge >= 0.3 is 6.18 Å². The number of nitrogen functional groups attached to an aromatic ring is 1. The van der Waals surface area contributed by atoms with Gasteiger partial charge in [-0.3, -0.25) is 5.01 Å². The summed E-state index contributed by atoms with van der Waals surface area (Å²) in [6.45, 7) is 2.48. The van der Waals surface area contributed by atoms with Crippen LogP contribution in [-0.4, -0.2) is 17.7 Å². The lowest BCUT2D eigenvalue weighted by Gasteiger charge is -2.21. The Labute approximate surface area is 97.4 Å². The van der Waals surface area contributed by atoms with E-state index in [1.807, 2.05) is 13.8 Å². The predicted molar refractivity (Wildman–Crippen MR) is 60.3 cm³/mol. The smallest absolute Gasteiger partial charge is 0.396 e.